The molecule has 0 fully saturated rings. The smallest absolute Gasteiger partial charge is 0.248 e. The van der Waals surface area contributed by atoms with Gasteiger partial charge >= 0.3 is 0 Å². The highest BCUT2D eigenvalue weighted by Gasteiger charge is 2.10. The SMILES string of the molecule is Cc1ccc(Nc2nnc(SCC(=O)Nc3ccc(C(N)=O)cc3)s2)c(C)c1. The second-order valence-electron chi connectivity index (χ2n) is 6.09. The van der Waals surface area contributed by atoms with E-state index in [0.29, 0.717) is 20.7 Å². The van der Waals surface area contributed by atoms with Gasteiger partial charge in [0.1, 0.15) is 0 Å². The van der Waals surface area contributed by atoms with Crippen molar-refractivity contribution < 1.29 is 9.59 Å². The number of nitrogens with two attached hydrogens (primary N) is 1. The van der Waals surface area contributed by atoms with E-state index in [4.69, 9.17) is 5.73 Å². The van der Waals surface area contributed by atoms with Crippen LogP contribution in [0.5, 0.6) is 0 Å². The summed E-state index contributed by atoms with van der Waals surface area (Å²) in [4.78, 5) is 23.2. The van der Waals surface area contributed by atoms with Crippen LogP contribution >= 0.6 is 23.1 Å². The Bertz CT molecular complexity index is 1000. The largest absolute Gasteiger partial charge is 0.366 e. The molecule has 0 spiro atoms. The average Bonchev–Trinajstić information content (AvgIpc) is 3.10. The van der Waals surface area contributed by atoms with E-state index in [0.717, 1.165) is 11.3 Å². The van der Waals surface area contributed by atoms with Gasteiger partial charge in [0.15, 0.2) is 4.34 Å². The van der Waals surface area contributed by atoms with Crippen molar-refractivity contribution in [2.45, 2.75) is 18.2 Å². The van der Waals surface area contributed by atoms with Crippen molar-refractivity contribution in [3.8, 4) is 0 Å². The molecule has 0 bridgehead atoms. The molecule has 2 amide bonds. The van der Waals surface area contributed by atoms with Gasteiger partial charge in [-0.3, -0.25) is 9.59 Å². The Kier molecular flexibility index (Phi) is 6.27. The lowest BCUT2D eigenvalue weighted by molar-refractivity contribution is -0.113. The zero-order chi connectivity index (χ0) is 20.1. The van der Waals surface area contributed by atoms with Gasteiger partial charge in [0.25, 0.3) is 0 Å². The topological polar surface area (TPSA) is 110 Å². The van der Waals surface area contributed by atoms with E-state index in [1.165, 1.54) is 28.7 Å². The predicted molar refractivity (Wildman–Crippen MR) is 113 cm³/mol. The van der Waals surface area contributed by atoms with Gasteiger partial charge in [-0.15, -0.1) is 10.2 Å². The van der Waals surface area contributed by atoms with Gasteiger partial charge in [-0.2, -0.15) is 0 Å². The maximum atomic E-state index is 12.1. The number of nitrogens with zero attached hydrogens (tertiary/aromatic N) is 2. The van der Waals surface area contributed by atoms with Crippen LogP contribution in [-0.2, 0) is 4.79 Å². The summed E-state index contributed by atoms with van der Waals surface area (Å²) >= 11 is 2.70. The molecule has 0 radical (unpaired) electrons. The first-order valence-corrected chi connectivity index (χ1v) is 10.2. The minimum atomic E-state index is -0.505. The number of aromatic nitrogens is 2. The Morgan fingerprint density at radius 2 is 1.86 bits per heavy atom. The number of primary amides is 1. The molecular formula is C19H19N5O2S2. The maximum absolute atomic E-state index is 12.1. The molecule has 2 aromatic carbocycles. The third-order valence-corrected chi connectivity index (χ3v) is 5.78. The summed E-state index contributed by atoms with van der Waals surface area (Å²) in [5, 5.41) is 14.9. The fraction of sp³-hybridized carbons (Fsp3) is 0.158. The molecule has 1 aromatic heterocycles. The van der Waals surface area contributed by atoms with Gasteiger partial charge in [0.05, 0.1) is 5.75 Å². The lowest BCUT2D eigenvalue weighted by atomic mass is 10.1. The van der Waals surface area contributed by atoms with Crippen LogP contribution in [0, 0.1) is 13.8 Å². The molecule has 1 heterocycles. The number of carbonyl (C=O) groups excluding carboxylic acids is 2. The Labute approximate surface area is 170 Å². The summed E-state index contributed by atoms with van der Waals surface area (Å²) in [7, 11) is 0. The zero-order valence-corrected chi connectivity index (χ0v) is 17.0. The summed E-state index contributed by atoms with van der Waals surface area (Å²) in [6.07, 6.45) is 0. The minimum Gasteiger partial charge on any atom is -0.366 e. The number of aryl methyl sites for hydroxylation is 2. The lowest BCUT2D eigenvalue weighted by Crippen LogP contribution is -2.14. The first-order chi connectivity index (χ1) is 13.4. The van der Waals surface area contributed by atoms with Crippen molar-refractivity contribution in [2.24, 2.45) is 5.73 Å². The minimum absolute atomic E-state index is 0.170. The average molecular weight is 414 g/mol. The molecule has 4 N–H and O–H groups in total. The number of hydrogen-bond donors (Lipinski definition) is 3. The van der Waals surface area contributed by atoms with Gasteiger partial charge in [-0.1, -0.05) is 40.8 Å². The van der Waals surface area contributed by atoms with E-state index in [2.05, 4.69) is 26.9 Å². The molecule has 3 aromatic rings. The van der Waals surface area contributed by atoms with Crippen molar-refractivity contribution >= 4 is 51.4 Å². The lowest BCUT2D eigenvalue weighted by Gasteiger charge is -2.06. The number of thioether (sulfide) groups is 1. The standard InChI is InChI=1S/C19H19N5O2S2/c1-11-3-8-15(12(2)9-11)22-18-23-24-19(28-18)27-10-16(25)21-14-6-4-13(5-7-14)17(20)26/h3-9H,10H2,1-2H3,(H2,20,26)(H,21,25)(H,22,23). The van der Waals surface area contributed by atoms with Gasteiger partial charge in [0, 0.05) is 16.9 Å². The summed E-state index contributed by atoms with van der Waals surface area (Å²) in [6.45, 7) is 4.08. The highest BCUT2D eigenvalue weighted by atomic mass is 32.2. The van der Waals surface area contributed by atoms with Crippen molar-refractivity contribution in [2.75, 3.05) is 16.4 Å². The number of amides is 2. The van der Waals surface area contributed by atoms with Crippen molar-refractivity contribution in [1.29, 1.82) is 0 Å². The maximum Gasteiger partial charge on any atom is 0.248 e. The summed E-state index contributed by atoms with van der Waals surface area (Å²) in [6, 6.07) is 12.6. The molecule has 0 saturated carbocycles. The van der Waals surface area contributed by atoms with Crippen LogP contribution in [0.2, 0.25) is 0 Å². The van der Waals surface area contributed by atoms with E-state index in [9.17, 15) is 9.59 Å². The fourth-order valence-corrected chi connectivity index (χ4v) is 3.99. The van der Waals surface area contributed by atoms with E-state index in [-0.39, 0.29) is 11.7 Å². The quantitative estimate of drug-likeness (QED) is 0.509. The first-order valence-electron chi connectivity index (χ1n) is 8.41. The Morgan fingerprint density at radius 3 is 2.54 bits per heavy atom. The monoisotopic (exact) mass is 413 g/mol. The molecule has 28 heavy (non-hydrogen) atoms. The fourth-order valence-electron chi connectivity index (χ4n) is 2.43. The van der Waals surface area contributed by atoms with E-state index in [1.807, 2.05) is 26.0 Å². The zero-order valence-electron chi connectivity index (χ0n) is 15.4. The van der Waals surface area contributed by atoms with Gasteiger partial charge in [-0.05, 0) is 49.7 Å². The van der Waals surface area contributed by atoms with Gasteiger partial charge in [-0.25, -0.2) is 0 Å². The second kappa shape index (κ2) is 8.85. The van der Waals surface area contributed by atoms with Crippen LogP contribution in [0.1, 0.15) is 21.5 Å². The second-order valence-corrected chi connectivity index (χ2v) is 8.29. The summed E-state index contributed by atoms with van der Waals surface area (Å²) in [5.74, 6) is -0.471. The molecule has 0 aliphatic carbocycles. The molecule has 0 unspecified atom stereocenters. The molecule has 7 nitrogen and oxygen atoms in total. The Hall–Kier alpha value is -2.91. The van der Waals surface area contributed by atoms with Gasteiger partial charge in [0.2, 0.25) is 16.9 Å². The molecule has 3 rings (SSSR count). The van der Waals surface area contributed by atoms with Crippen molar-refractivity contribution in [3.05, 3.63) is 59.2 Å². The van der Waals surface area contributed by atoms with Crippen LogP contribution in [0.15, 0.2) is 46.8 Å². The molecule has 9 heteroatoms. The molecule has 0 atom stereocenters. The molecule has 144 valence electrons. The third-order valence-electron chi connectivity index (χ3n) is 3.81. The number of nitrogens with one attached hydrogen (secondary N) is 2. The van der Waals surface area contributed by atoms with E-state index in [1.54, 1.807) is 24.3 Å². The van der Waals surface area contributed by atoms with Crippen molar-refractivity contribution in [1.82, 2.24) is 10.2 Å². The highest BCUT2D eigenvalue weighted by Crippen LogP contribution is 2.29. The number of carbonyl (C=O) groups is 2. The van der Waals surface area contributed by atoms with Crippen LogP contribution < -0.4 is 16.4 Å². The summed E-state index contributed by atoms with van der Waals surface area (Å²) < 4.78 is 0.700. The third kappa shape index (κ3) is 5.30. The summed E-state index contributed by atoms with van der Waals surface area (Å²) in [5.41, 5.74) is 9.50. The molecular weight excluding hydrogens is 394 g/mol. The number of hydrogen-bond acceptors (Lipinski definition) is 7. The van der Waals surface area contributed by atoms with E-state index >= 15 is 0 Å². The molecule has 0 aliphatic rings. The van der Waals surface area contributed by atoms with Crippen LogP contribution in [0.4, 0.5) is 16.5 Å². The number of anilines is 3. The molecule has 0 saturated heterocycles. The highest BCUT2D eigenvalue weighted by molar-refractivity contribution is 8.01. The van der Waals surface area contributed by atoms with Gasteiger partial charge < -0.3 is 16.4 Å². The van der Waals surface area contributed by atoms with Crippen LogP contribution in [0.3, 0.4) is 0 Å². The Balaban J connectivity index is 1.52. The Morgan fingerprint density at radius 1 is 1.11 bits per heavy atom. The van der Waals surface area contributed by atoms with Crippen molar-refractivity contribution in [3.63, 3.8) is 0 Å². The number of rotatable bonds is 7. The number of benzene rings is 2. The molecule has 0 aliphatic heterocycles. The van der Waals surface area contributed by atoms with Crippen LogP contribution in [-0.4, -0.2) is 27.8 Å². The van der Waals surface area contributed by atoms with E-state index < -0.39 is 5.91 Å². The first kappa shape index (κ1) is 19.8. The van der Waals surface area contributed by atoms with Crippen LogP contribution in [0.25, 0.3) is 0 Å². The predicted octanol–water partition coefficient (Wildman–Crippen LogP) is 3.73. The normalized spacial score (nSPS) is 10.5.